The third-order valence-electron chi connectivity index (χ3n) is 3.88. The van der Waals surface area contributed by atoms with Gasteiger partial charge in [0.05, 0.1) is 0 Å². The van der Waals surface area contributed by atoms with Crippen molar-refractivity contribution in [2.45, 2.75) is 39.5 Å². The quantitative estimate of drug-likeness (QED) is 0.901. The van der Waals surface area contributed by atoms with Crippen molar-refractivity contribution in [2.24, 2.45) is 5.92 Å². The van der Waals surface area contributed by atoms with Gasteiger partial charge in [-0.1, -0.05) is 0 Å². The number of likely N-dealkylation sites (tertiary alicyclic amines) is 1. The number of rotatable bonds is 5. The van der Waals surface area contributed by atoms with Crippen LogP contribution < -0.4 is 0 Å². The monoisotopic (exact) mass is 281 g/mol. The van der Waals surface area contributed by atoms with Gasteiger partial charge in [-0.05, 0) is 44.7 Å². The Bertz CT molecular complexity index is 441. The van der Waals surface area contributed by atoms with Crippen LogP contribution in [0.2, 0.25) is 0 Å². The van der Waals surface area contributed by atoms with Crippen LogP contribution >= 0.6 is 11.3 Å². The van der Waals surface area contributed by atoms with E-state index in [0.29, 0.717) is 12.3 Å². The number of aliphatic hydroxyl groups is 1. The highest BCUT2D eigenvalue weighted by Crippen LogP contribution is 2.23. The van der Waals surface area contributed by atoms with E-state index in [1.54, 1.807) is 0 Å². The molecule has 1 amide bonds. The molecule has 1 aliphatic rings. The van der Waals surface area contributed by atoms with Gasteiger partial charge in [-0.15, -0.1) is 11.3 Å². The fourth-order valence-electron chi connectivity index (χ4n) is 2.73. The number of aliphatic hydroxyl groups excluding tert-OH is 1. The molecule has 1 N–H and O–H groups in total. The standard InChI is InChI=1S/C15H23NO2S/c1-11-8-14(12(2)19-11)4-3-5-15(18)16-7-6-13(9-16)10-17/h8,13,17H,3-7,9-10H2,1-2H3. The van der Waals surface area contributed by atoms with Gasteiger partial charge in [0.2, 0.25) is 5.91 Å². The lowest BCUT2D eigenvalue weighted by molar-refractivity contribution is -0.130. The predicted molar refractivity (Wildman–Crippen MR) is 78.5 cm³/mol. The summed E-state index contributed by atoms with van der Waals surface area (Å²) in [6, 6.07) is 2.24. The molecule has 1 fully saturated rings. The second kappa shape index (κ2) is 6.53. The van der Waals surface area contributed by atoms with E-state index in [4.69, 9.17) is 5.11 Å². The molecule has 19 heavy (non-hydrogen) atoms. The van der Waals surface area contributed by atoms with Crippen molar-refractivity contribution in [3.05, 3.63) is 21.4 Å². The molecule has 2 rings (SSSR count). The van der Waals surface area contributed by atoms with Crippen LogP contribution in [0.25, 0.3) is 0 Å². The van der Waals surface area contributed by atoms with E-state index in [1.807, 2.05) is 16.2 Å². The number of hydrogen-bond acceptors (Lipinski definition) is 3. The van der Waals surface area contributed by atoms with Gasteiger partial charge < -0.3 is 10.0 Å². The Labute approximate surface area is 119 Å². The molecule has 1 saturated heterocycles. The molecule has 3 nitrogen and oxygen atoms in total. The average Bonchev–Trinajstić information content (AvgIpc) is 2.96. The first-order valence-corrected chi connectivity index (χ1v) is 7.86. The summed E-state index contributed by atoms with van der Waals surface area (Å²) < 4.78 is 0. The summed E-state index contributed by atoms with van der Waals surface area (Å²) >= 11 is 1.83. The highest BCUT2D eigenvalue weighted by Gasteiger charge is 2.24. The molecule has 1 atom stereocenters. The number of hydrogen-bond donors (Lipinski definition) is 1. The summed E-state index contributed by atoms with van der Waals surface area (Å²) in [5.41, 5.74) is 1.39. The molecule has 0 bridgehead atoms. The number of aryl methyl sites for hydroxylation is 3. The zero-order valence-corrected chi connectivity index (χ0v) is 12.6. The lowest BCUT2D eigenvalue weighted by Crippen LogP contribution is -2.28. The molecule has 1 aliphatic heterocycles. The molecule has 0 radical (unpaired) electrons. The molecule has 0 saturated carbocycles. The fraction of sp³-hybridized carbons (Fsp3) is 0.667. The maximum atomic E-state index is 12.0. The van der Waals surface area contributed by atoms with Crippen molar-refractivity contribution in [1.82, 2.24) is 4.90 Å². The van der Waals surface area contributed by atoms with Crippen LogP contribution in [-0.4, -0.2) is 35.6 Å². The Kier molecular flexibility index (Phi) is 4.99. The third-order valence-corrected chi connectivity index (χ3v) is 4.89. The molecule has 1 unspecified atom stereocenters. The molecule has 2 heterocycles. The molecule has 106 valence electrons. The molecule has 0 aromatic carbocycles. The van der Waals surface area contributed by atoms with Gasteiger partial charge >= 0.3 is 0 Å². The van der Waals surface area contributed by atoms with Crippen LogP contribution in [0.5, 0.6) is 0 Å². The van der Waals surface area contributed by atoms with E-state index >= 15 is 0 Å². The topological polar surface area (TPSA) is 40.5 Å². The summed E-state index contributed by atoms with van der Waals surface area (Å²) in [5.74, 6) is 0.547. The normalized spacial score (nSPS) is 19.1. The van der Waals surface area contributed by atoms with Gasteiger partial charge in [0.15, 0.2) is 0 Å². The number of carbonyl (C=O) groups excluding carboxylic acids is 1. The van der Waals surface area contributed by atoms with E-state index in [-0.39, 0.29) is 12.5 Å². The zero-order chi connectivity index (χ0) is 13.8. The number of nitrogens with zero attached hydrogens (tertiary/aromatic N) is 1. The zero-order valence-electron chi connectivity index (χ0n) is 11.8. The van der Waals surface area contributed by atoms with Crippen LogP contribution in [0.1, 0.15) is 34.6 Å². The summed E-state index contributed by atoms with van der Waals surface area (Å²) in [5, 5.41) is 9.09. The van der Waals surface area contributed by atoms with Gasteiger partial charge in [0, 0.05) is 41.8 Å². The van der Waals surface area contributed by atoms with Gasteiger partial charge in [-0.3, -0.25) is 4.79 Å². The molecule has 1 aromatic rings. The first kappa shape index (κ1) is 14.5. The van der Waals surface area contributed by atoms with Gasteiger partial charge in [-0.2, -0.15) is 0 Å². The maximum Gasteiger partial charge on any atom is 0.222 e. The minimum atomic E-state index is 0.206. The Hall–Kier alpha value is -0.870. The summed E-state index contributed by atoms with van der Waals surface area (Å²) in [6.07, 6.45) is 3.51. The average molecular weight is 281 g/mol. The number of amides is 1. The second-order valence-electron chi connectivity index (χ2n) is 5.47. The lowest BCUT2D eigenvalue weighted by Gasteiger charge is -2.15. The second-order valence-corrected chi connectivity index (χ2v) is 6.93. The van der Waals surface area contributed by atoms with E-state index in [2.05, 4.69) is 19.9 Å². The van der Waals surface area contributed by atoms with E-state index < -0.39 is 0 Å². The highest BCUT2D eigenvalue weighted by molar-refractivity contribution is 7.12. The molecule has 1 aromatic heterocycles. The van der Waals surface area contributed by atoms with Crippen molar-refractivity contribution >= 4 is 17.2 Å². The van der Waals surface area contributed by atoms with Crippen molar-refractivity contribution in [3.8, 4) is 0 Å². The lowest BCUT2D eigenvalue weighted by atomic mass is 10.1. The third kappa shape index (κ3) is 3.80. The molecular weight excluding hydrogens is 258 g/mol. The highest BCUT2D eigenvalue weighted by atomic mass is 32.1. The van der Waals surface area contributed by atoms with E-state index in [0.717, 1.165) is 32.4 Å². The summed E-state index contributed by atoms with van der Waals surface area (Å²) in [6.45, 7) is 6.05. The van der Waals surface area contributed by atoms with Crippen LogP contribution in [0.3, 0.4) is 0 Å². The van der Waals surface area contributed by atoms with Gasteiger partial charge in [-0.25, -0.2) is 0 Å². The smallest absolute Gasteiger partial charge is 0.222 e. The van der Waals surface area contributed by atoms with Gasteiger partial charge in [0.1, 0.15) is 0 Å². The Morgan fingerprint density at radius 2 is 2.32 bits per heavy atom. The van der Waals surface area contributed by atoms with Crippen molar-refractivity contribution < 1.29 is 9.90 Å². The minimum absolute atomic E-state index is 0.206. The Morgan fingerprint density at radius 1 is 1.53 bits per heavy atom. The Balaban J connectivity index is 1.74. The minimum Gasteiger partial charge on any atom is -0.396 e. The van der Waals surface area contributed by atoms with Gasteiger partial charge in [0.25, 0.3) is 0 Å². The maximum absolute atomic E-state index is 12.0. The van der Waals surface area contributed by atoms with Crippen LogP contribution in [-0.2, 0) is 11.2 Å². The predicted octanol–water partition coefficient (Wildman–Crippen LogP) is 2.53. The fourth-order valence-corrected chi connectivity index (χ4v) is 3.70. The van der Waals surface area contributed by atoms with E-state index in [1.165, 1.54) is 15.3 Å². The van der Waals surface area contributed by atoms with Crippen molar-refractivity contribution in [3.63, 3.8) is 0 Å². The number of carbonyl (C=O) groups is 1. The van der Waals surface area contributed by atoms with Crippen LogP contribution in [0.4, 0.5) is 0 Å². The molecule has 0 aliphatic carbocycles. The van der Waals surface area contributed by atoms with Crippen molar-refractivity contribution in [2.75, 3.05) is 19.7 Å². The SMILES string of the molecule is Cc1cc(CCCC(=O)N2CCC(CO)C2)c(C)s1. The summed E-state index contributed by atoms with van der Waals surface area (Å²) in [4.78, 5) is 16.7. The molecular formula is C15H23NO2S. The summed E-state index contributed by atoms with van der Waals surface area (Å²) in [7, 11) is 0. The number of thiophene rings is 1. The van der Waals surface area contributed by atoms with Crippen LogP contribution in [0.15, 0.2) is 6.07 Å². The largest absolute Gasteiger partial charge is 0.396 e. The Morgan fingerprint density at radius 3 is 2.89 bits per heavy atom. The first-order valence-electron chi connectivity index (χ1n) is 7.04. The van der Waals surface area contributed by atoms with Crippen molar-refractivity contribution in [1.29, 1.82) is 0 Å². The van der Waals surface area contributed by atoms with Crippen LogP contribution in [0, 0.1) is 19.8 Å². The molecule has 4 heteroatoms. The first-order chi connectivity index (χ1) is 9.10. The van der Waals surface area contributed by atoms with E-state index in [9.17, 15) is 4.79 Å². The molecule has 0 spiro atoms.